The molecular formula is C18H39N3O2. The zero-order chi connectivity index (χ0) is 17.0. The maximum Gasteiger partial charge on any atom is 0.324 e. The van der Waals surface area contributed by atoms with E-state index in [2.05, 4.69) is 17.7 Å². The highest BCUT2D eigenvalue weighted by molar-refractivity contribution is 5.68. The van der Waals surface area contributed by atoms with E-state index in [0.717, 1.165) is 25.9 Å². The van der Waals surface area contributed by atoms with Gasteiger partial charge in [0.05, 0.1) is 0 Å². The van der Waals surface area contributed by atoms with E-state index in [4.69, 9.17) is 10.6 Å². The molecule has 0 amide bonds. The second-order valence-corrected chi connectivity index (χ2v) is 6.19. The highest BCUT2D eigenvalue weighted by Crippen LogP contribution is 2.11. The predicted octanol–water partition coefficient (Wildman–Crippen LogP) is 3.28. The molecular weight excluding hydrogens is 290 g/mol. The molecule has 0 aliphatic rings. The van der Waals surface area contributed by atoms with Crippen LogP contribution in [0.25, 0.3) is 0 Å². The zero-order valence-corrected chi connectivity index (χ0v) is 15.2. The van der Waals surface area contributed by atoms with Crippen LogP contribution in [0.1, 0.15) is 84.0 Å². The first kappa shape index (κ1) is 22.4. The molecule has 0 aromatic rings. The molecule has 23 heavy (non-hydrogen) atoms. The van der Waals surface area contributed by atoms with Gasteiger partial charge in [0.15, 0.2) is 0 Å². The lowest BCUT2D eigenvalue weighted by atomic mass is 10.1. The number of rotatable bonds is 18. The molecule has 0 rings (SSSR count). The molecule has 5 heteroatoms. The van der Waals surface area contributed by atoms with E-state index in [-0.39, 0.29) is 5.97 Å². The van der Waals surface area contributed by atoms with Crippen LogP contribution in [-0.4, -0.2) is 32.1 Å². The number of hydroxylamine groups is 1. The summed E-state index contributed by atoms with van der Waals surface area (Å²) in [5.74, 6) is -0.153. The maximum absolute atomic E-state index is 11.5. The van der Waals surface area contributed by atoms with Gasteiger partial charge >= 0.3 is 5.97 Å². The Morgan fingerprint density at radius 1 is 0.826 bits per heavy atom. The predicted molar refractivity (Wildman–Crippen MR) is 97.1 cm³/mol. The lowest BCUT2D eigenvalue weighted by molar-refractivity contribution is -0.151. The molecule has 0 spiro atoms. The number of nitrogens with two attached hydrogens (primary N) is 1. The quantitative estimate of drug-likeness (QED) is 0.266. The van der Waals surface area contributed by atoms with E-state index in [0.29, 0.717) is 19.5 Å². The van der Waals surface area contributed by atoms with Crippen molar-refractivity contribution in [3.05, 3.63) is 0 Å². The van der Waals surface area contributed by atoms with E-state index in [1.807, 2.05) is 0 Å². The van der Waals surface area contributed by atoms with E-state index >= 15 is 0 Å². The third-order valence-electron chi connectivity index (χ3n) is 3.90. The normalized spacial score (nSPS) is 10.9. The van der Waals surface area contributed by atoms with Gasteiger partial charge in [-0.1, -0.05) is 71.1 Å². The number of carbonyl (C=O) groups is 1. The minimum absolute atomic E-state index is 0.153. The summed E-state index contributed by atoms with van der Waals surface area (Å²) >= 11 is 0. The number of nitrogens with one attached hydrogen (secondary N) is 2. The Balaban J connectivity index is 3.11. The lowest BCUT2D eigenvalue weighted by Crippen LogP contribution is -2.31. The van der Waals surface area contributed by atoms with Crippen molar-refractivity contribution < 1.29 is 9.63 Å². The van der Waals surface area contributed by atoms with Gasteiger partial charge in [0.2, 0.25) is 0 Å². The Morgan fingerprint density at radius 2 is 1.39 bits per heavy atom. The van der Waals surface area contributed by atoms with Gasteiger partial charge in [0.25, 0.3) is 0 Å². The molecule has 0 saturated carbocycles. The molecule has 0 bridgehead atoms. The molecule has 138 valence electrons. The Morgan fingerprint density at radius 3 is 1.96 bits per heavy atom. The van der Waals surface area contributed by atoms with Crippen molar-refractivity contribution >= 4 is 5.97 Å². The van der Waals surface area contributed by atoms with Crippen molar-refractivity contribution in [2.75, 3.05) is 26.2 Å². The molecule has 5 nitrogen and oxygen atoms in total. The summed E-state index contributed by atoms with van der Waals surface area (Å²) in [6.07, 6.45) is 14.7. The van der Waals surface area contributed by atoms with Crippen molar-refractivity contribution in [2.24, 2.45) is 5.73 Å². The number of hydrogen-bond acceptors (Lipinski definition) is 5. The minimum Gasteiger partial charge on any atom is -0.371 e. The summed E-state index contributed by atoms with van der Waals surface area (Å²) < 4.78 is 0. The third kappa shape index (κ3) is 19.3. The smallest absolute Gasteiger partial charge is 0.324 e. The summed E-state index contributed by atoms with van der Waals surface area (Å²) in [7, 11) is 0. The third-order valence-corrected chi connectivity index (χ3v) is 3.90. The van der Waals surface area contributed by atoms with Crippen LogP contribution in [0.4, 0.5) is 0 Å². The summed E-state index contributed by atoms with van der Waals surface area (Å²) in [5, 5.41) is 3.12. The van der Waals surface area contributed by atoms with Crippen LogP contribution in [0.3, 0.4) is 0 Å². The monoisotopic (exact) mass is 329 g/mol. The molecule has 0 unspecified atom stereocenters. The first-order chi connectivity index (χ1) is 11.3. The Kier molecular flexibility index (Phi) is 18.8. The number of carbonyl (C=O) groups excluding carboxylic acids is 1. The van der Waals surface area contributed by atoms with Gasteiger partial charge in [-0.25, -0.2) is 0 Å². The minimum atomic E-state index is -0.153. The fourth-order valence-electron chi connectivity index (χ4n) is 2.48. The molecule has 0 atom stereocenters. The molecule has 0 aliphatic heterocycles. The lowest BCUT2D eigenvalue weighted by Gasteiger charge is -2.06. The molecule has 0 aromatic heterocycles. The van der Waals surface area contributed by atoms with Crippen LogP contribution >= 0.6 is 0 Å². The van der Waals surface area contributed by atoms with E-state index in [1.54, 1.807) is 0 Å². The summed E-state index contributed by atoms with van der Waals surface area (Å²) in [6.45, 7) is 5.03. The van der Waals surface area contributed by atoms with Gasteiger partial charge < -0.3 is 15.9 Å². The molecule has 0 radical (unpaired) electrons. The van der Waals surface area contributed by atoms with Gasteiger partial charge in [-0.15, -0.1) is 0 Å². The van der Waals surface area contributed by atoms with E-state index < -0.39 is 0 Å². The topological polar surface area (TPSA) is 76.4 Å². The second kappa shape index (κ2) is 19.4. The van der Waals surface area contributed by atoms with Crippen molar-refractivity contribution in [1.82, 2.24) is 10.8 Å². The first-order valence-electron chi connectivity index (χ1n) is 9.64. The van der Waals surface area contributed by atoms with Crippen LogP contribution < -0.4 is 16.5 Å². The average molecular weight is 330 g/mol. The maximum atomic E-state index is 11.5. The van der Waals surface area contributed by atoms with Gasteiger partial charge in [0, 0.05) is 32.6 Å². The summed E-state index contributed by atoms with van der Waals surface area (Å²) in [5.41, 5.74) is 8.03. The number of hydrogen-bond donors (Lipinski definition) is 3. The van der Waals surface area contributed by atoms with E-state index in [1.165, 1.54) is 57.8 Å². The fraction of sp³-hybridized carbons (Fsp3) is 0.944. The molecule has 0 heterocycles. The Bertz CT molecular complexity index is 250. The van der Waals surface area contributed by atoms with Crippen molar-refractivity contribution in [3.8, 4) is 0 Å². The van der Waals surface area contributed by atoms with Crippen LogP contribution in [0.5, 0.6) is 0 Å². The molecule has 4 N–H and O–H groups in total. The molecule has 0 aliphatic carbocycles. The first-order valence-corrected chi connectivity index (χ1v) is 9.64. The summed E-state index contributed by atoms with van der Waals surface area (Å²) in [4.78, 5) is 16.4. The van der Waals surface area contributed by atoms with Gasteiger partial charge in [0.1, 0.15) is 0 Å². The van der Waals surface area contributed by atoms with Crippen LogP contribution in [0, 0.1) is 0 Å². The average Bonchev–Trinajstić information content (AvgIpc) is 2.56. The van der Waals surface area contributed by atoms with Crippen molar-refractivity contribution in [1.29, 1.82) is 0 Å². The number of unbranched alkanes of at least 4 members (excludes halogenated alkanes) is 10. The van der Waals surface area contributed by atoms with E-state index in [9.17, 15) is 4.79 Å². The molecule has 0 saturated heterocycles. The fourth-order valence-corrected chi connectivity index (χ4v) is 2.48. The Hall–Kier alpha value is -0.650. The molecule has 0 aromatic carbocycles. The molecule has 0 fully saturated rings. The van der Waals surface area contributed by atoms with Gasteiger partial charge in [-0.05, 0) is 6.42 Å². The second-order valence-electron chi connectivity index (χ2n) is 6.19. The standard InChI is InChI=1S/C18H39N3O2/c1-2-3-4-5-6-7-8-9-10-11-12-13-18(22)23-21-17-16-20-15-14-19/h20-21H,2-17,19H2,1H3. The summed E-state index contributed by atoms with van der Waals surface area (Å²) in [6, 6.07) is 0. The largest absolute Gasteiger partial charge is 0.371 e. The zero-order valence-electron chi connectivity index (χ0n) is 15.2. The highest BCUT2D eigenvalue weighted by atomic mass is 16.7. The SMILES string of the molecule is CCCCCCCCCCCCCC(=O)ONCCNCCN. The van der Waals surface area contributed by atoms with Crippen LogP contribution in [0.2, 0.25) is 0 Å². The van der Waals surface area contributed by atoms with Gasteiger partial charge in [-0.2, -0.15) is 5.48 Å². The highest BCUT2D eigenvalue weighted by Gasteiger charge is 2.02. The Labute approximate surface area is 143 Å². The van der Waals surface area contributed by atoms with Crippen molar-refractivity contribution in [2.45, 2.75) is 84.0 Å². The van der Waals surface area contributed by atoms with Gasteiger partial charge in [-0.3, -0.25) is 4.79 Å². The van der Waals surface area contributed by atoms with Crippen molar-refractivity contribution in [3.63, 3.8) is 0 Å². The van der Waals surface area contributed by atoms with Crippen LogP contribution in [-0.2, 0) is 9.63 Å². The van der Waals surface area contributed by atoms with Crippen LogP contribution in [0.15, 0.2) is 0 Å².